The van der Waals surface area contributed by atoms with Gasteiger partial charge in [-0.2, -0.15) is 0 Å². The highest BCUT2D eigenvalue weighted by molar-refractivity contribution is 9.10. The third-order valence-corrected chi connectivity index (χ3v) is 2.55. The summed E-state index contributed by atoms with van der Waals surface area (Å²) >= 11 is 9.16. The quantitative estimate of drug-likeness (QED) is 0.791. The summed E-state index contributed by atoms with van der Waals surface area (Å²) in [4.78, 5) is 3.06. The van der Waals surface area contributed by atoms with Crippen molar-refractivity contribution >= 4 is 27.5 Å². The summed E-state index contributed by atoms with van der Waals surface area (Å²) in [5, 5.41) is 0.665. The summed E-state index contributed by atoms with van der Waals surface area (Å²) in [6.45, 7) is 0. The average molecular weight is 257 g/mol. The van der Waals surface area contributed by atoms with Gasteiger partial charge in [0.15, 0.2) is 0 Å². The monoisotopic (exact) mass is 255 g/mol. The lowest BCUT2D eigenvalue weighted by atomic mass is 10.2. The highest BCUT2D eigenvalue weighted by Gasteiger charge is 1.98. The number of hydrogen-bond donors (Lipinski definition) is 1. The van der Waals surface area contributed by atoms with Gasteiger partial charge in [0.05, 0.1) is 0 Å². The van der Waals surface area contributed by atoms with Gasteiger partial charge < -0.3 is 4.98 Å². The first-order valence-corrected chi connectivity index (χ1v) is 5.03. The Labute approximate surface area is 89.9 Å². The fourth-order valence-corrected chi connectivity index (χ4v) is 1.60. The molecule has 0 saturated heterocycles. The zero-order valence-electron chi connectivity index (χ0n) is 6.72. The normalized spacial score (nSPS) is 10.3. The van der Waals surface area contributed by atoms with E-state index in [0.717, 1.165) is 15.7 Å². The topological polar surface area (TPSA) is 15.8 Å². The number of aromatic amines is 1. The molecule has 0 aliphatic carbocycles. The number of aromatic nitrogens is 1. The molecule has 3 heteroatoms. The summed E-state index contributed by atoms with van der Waals surface area (Å²) in [5.41, 5.74) is 2.17. The van der Waals surface area contributed by atoms with Crippen LogP contribution >= 0.6 is 27.5 Å². The molecule has 0 spiro atoms. The third-order valence-electron chi connectivity index (χ3n) is 1.81. The molecular weight excluding hydrogens is 249 g/mol. The van der Waals surface area contributed by atoms with Gasteiger partial charge in [0.25, 0.3) is 0 Å². The van der Waals surface area contributed by atoms with Crippen LogP contribution in [0.15, 0.2) is 40.9 Å². The molecule has 0 aliphatic heterocycles. The number of halogens is 2. The summed E-state index contributed by atoms with van der Waals surface area (Å²) in [6.07, 6.45) is 0. The average Bonchev–Trinajstić information content (AvgIpc) is 2.53. The standard InChI is InChI=1S/C10H7BrClN/c11-8-3-1-7(2-4-8)9-5-6-10(12)13-9/h1-6,13H. The smallest absolute Gasteiger partial charge is 0.106 e. The molecule has 0 saturated carbocycles. The Hall–Kier alpha value is -0.730. The lowest BCUT2D eigenvalue weighted by Gasteiger charge is -1.97. The van der Waals surface area contributed by atoms with Crippen molar-refractivity contribution < 1.29 is 0 Å². The maximum Gasteiger partial charge on any atom is 0.106 e. The fraction of sp³-hybridized carbons (Fsp3) is 0. The zero-order chi connectivity index (χ0) is 9.26. The minimum atomic E-state index is 0.665. The predicted octanol–water partition coefficient (Wildman–Crippen LogP) is 4.10. The van der Waals surface area contributed by atoms with Crippen molar-refractivity contribution in [2.24, 2.45) is 0 Å². The van der Waals surface area contributed by atoms with E-state index in [1.54, 1.807) is 0 Å². The van der Waals surface area contributed by atoms with E-state index in [-0.39, 0.29) is 0 Å². The first kappa shape index (κ1) is 8.85. The van der Waals surface area contributed by atoms with Gasteiger partial charge in [-0.25, -0.2) is 0 Å². The van der Waals surface area contributed by atoms with Crippen molar-refractivity contribution in [3.05, 3.63) is 46.0 Å². The van der Waals surface area contributed by atoms with Crippen LogP contribution in [0.5, 0.6) is 0 Å². The van der Waals surface area contributed by atoms with Crippen LogP contribution in [-0.4, -0.2) is 4.98 Å². The Morgan fingerprint density at radius 3 is 2.23 bits per heavy atom. The van der Waals surface area contributed by atoms with Gasteiger partial charge in [0, 0.05) is 10.2 Å². The van der Waals surface area contributed by atoms with Crippen molar-refractivity contribution in [3.63, 3.8) is 0 Å². The molecule has 0 aliphatic rings. The van der Waals surface area contributed by atoms with Gasteiger partial charge in [-0.3, -0.25) is 0 Å². The van der Waals surface area contributed by atoms with E-state index >= 15 is 0 Å². The van der Waals surface area contributed by atoms with E-state index in [1.807, 2.05) is 36.4 Å². The summed E-state index contributed by atoms with van der Waals surface area (Å²) < 4.78 is 1.08. The van der Waals surface area contributed by atoms with Crippen molar-refractivity contribution in [1.82, 2.24) is 4.98 Å². The van der Waals surface area contributed by atoms with Gasteiger partial charge in [0.2, 0.25) is 0 Å². The van der Waals surface area contributed by atoms with Crippen LogP contribution in [0.3, 0.4) is 0 Å². The van der Waals surface area contributed by atoms with Crippen LogP contribution in [-0.2, 0) is 0 Å². The predicted molar refractivity (Wildman–Crippen MR) is 58.9 cm³/mol. The summed E-state index contributed by atoms with van der Waals surface area (Å²) in [6, 6.07) is 11.9. The van der Waals surface area contributed by atoms with Crippen molar-refractivity contribution in [2.45, 2.75) is 0 Å². The Balaban J connectivity index is 2.41. The van der Waals surface area contributed by atoms with E-state index in [2.05, 4.69) is 20.9 Å². The maximum atomic E-state index is 5.78. The molecule has 2 rings (SSSR count). The van der Waals surface area contributed by atoms with Crippen LogP contribution in [0.25, 0.3) is 11.3 Å². The second-order valence-electron chi connectivity index (χ2n) is 2.73. The van der Waals surface area contributed by atoms with Crippen molar-refractivity contribution in [3.8, 4) is 11.3 Å². The molecular formula is C10H7BrClN. The van der Waals surface area contributed by atoms with Crippen molar-refractivity contribution in [1.29, 1.82) is 0 Å². The van der Waals surface area contributed by atoms with Crippen LogP contribution < -0.4 is 0 Å². The minimum absolute atomic E-state index is 0.665. The molecule has 13 heavy (non-hydrogen) atoms. The van der Waals surface area contributed by atoms with Gasteiger partial charge in [0.1, 0.15) is 5.15 Å². The summed E-state index contributed by atoms with van der Waals surface area (Å²) in [5.74, 6) is 0. The molecule has 0 unspecified atom stereocenters. The highest BCUT2D eigenvalue weighted by Crippen LogP contribution is 2.22. The minimum Gasteiger partial charge on any atom is -0.346 e. The molecule has 1 N–H and O–H groups in total. The van der Waals surface area contributed by atoms with Crippen LogP contribution in [0.2, 0.25) is 5.15 Å². The number of H-pyrrole nitrogens is 1. The molecule has 2 aromatic rings. The lowest BCUT2D eigenvalue weighted by molar-refractivity contribution is 1.40. The van der Waals surface area contributed by atoms with E-state index in [9.17, 15) is 0 Å². The second-order valence-corrected chi connectivity index (χ2v) is 4.05. The van der Waals surface area contributed by atoms with Crippen LogP contribution in [0.4, 0.5) is 0 Å². The Morgan fingerprint density at radius 1 is 1.00 bits per heavy atom. The van der Waals surface area contributed by atoms with Crippen LogP contribution in [0, 0.1) is 0 Å². The Bertz CT molecular complexity index is 405. The van der Waals surface area contributed by atoms with E-state index in [0.29, 0.717) is 5.15 Å². The van der Waals surface area contributed by atoms with Crippen molar-refractivity contribution in [2.75, 3.05) is 0 Å². The Kier molecular flexibility index (Phi) is 2.42. The molecule has 66 valence electrons. The Morgan fingerprint density at radius 2 is 1.69 bits per heavy atom. The number of rotatable bonds is 1. The molecule has 0 amide bonds. The van der Waals surface area contributed by atoms with Gasteiger partial charge >= 0.3 is 0 Å². The first-order chi connectivity index (χ1) is 6.25. The first-order valence-electron chi connectivity index (χ1n) is 3.86. The second kappa shape index (κ2) is 3.56. The molecule has 1 aromatic heterocycles. The van der Waals surface area contributed by atoms with Gasteiger partial charge in [-0.1, -0.05) is 39.7 Å². The molecule has 0 fully saturated rings. The SMILES string of the molecule is Clc1ccc(-c2ccc(Br)cc2)[nH]1. The van der Waals surface area contributed by atoms with Crippen LogP contribution in [0.1, 0.15) is 0 Å². The largest absolute Gasteiger partial charge is 0.346 e. The molecule has 0 bridgehead atoms. The maximum absolute atomic E-state index is 5.78. The molecule has 0 atom stereocenters. The zero-order valence-corrected chi connectivity index (χ0v) is 9.06. The number of benzene rings is 1. The molecule has 0 radical (unpaired) electrons. The highest BCUT2D eigenvalue weighted by atomic mass is 79.9. The number of nitrogens with one attached hydrogen (secondary N) is 1. The lowest BCUT2D eigenvalue weighted by Crippen LogP contribution is -1.75. The summed E-state index contributed by atoms with van der Waals surface area (Å²) in [7, 11) is 0. The van der Waals surface area contributed by atoms with E-state index < -0.39 is 0 Å². The molecule has 1 heterocycles. The van der Waals surface area contributed by atoms with E-state index in [1.165, 1.54) is 0 Å². The van der Waals surface area contributed by atoms with Gasteiger partial charge in [-0.15, -0.1) is 0 Å². The van der Waals surface area contributed by atoms with E-state index in [4.69, 9.17) is 11.6 Å². The molecule has 1 aromatic carbocycles. The fourth-order valence-electron chi connectivity index (χ4n) is 1.17. The van der Waals surface area contributed by atoms with Gasteiger partial charge in [-0.05, 0) is 29.8 Å². The third kappa shape index (κ3) is 1.95. The number of hydrogen-bond acceptors (Lipinski definition) is 0. The molecule has 1 nitrogen and oxygen atoms in total.